The molecule has 6 nitrogen and oxygen atoms in total. The van der Waals surface area contributed by atoms with Gasteiger partial charge in [-0.05, 0) is 36.4 Å². The maximum atomic E-state index is 12.0. The van der Waals surface area contributed by atoms with Gasteiger partial charge >= 0.3 is 0 Å². The Bertz CT molecular complexity index is 745. The van der Waals surface area contributed by atoms with Crippen molar-refractivity contribution < 1.29 is 19.0 Å². The van der Waals surface area contributed by atoms with Crippen LogP contribution in [0.15, 0.2) is 41.5 Å². The van der Waals surface area contributed by atoms with Crippen LogP contribution >= 0.6 is 11.6 Å². The third-order valence-electron chi connectivity index (χ3n) is 3.21. The van der Waals surface area contributed by atoms with E-state index in [-0.39, 0.29) is 5.91 Å². The highest BCUT2D eigenvalue weighted by Crippen LogP contribution is 2.38. The topological polar surface area (TPSA) is 69.2 Å². The summed E-state index contributed by atoms with van der Waals surface area (Å²) in [5.41, 5.74) is 3.53. The highest BCUT2D eigenvalue weighted by molar-refractivity contribution is 6.30. The molecular weight excluding hydrogens is 332 g/mol. The first-order valence-corrected chi connectivity index (χ1v) is 7.36. The van der Waals surface area contributed by atoms with E-state index in [0.29, 0.717) is 33.4 Å². The van der Waals surface area contributed by atoms with E-state index in [4.69, 9.17) is 25.8 Å². The zero-order valence-corrected chi connectivity index (χ0v) is 14.3. The summed E-state index contributed by atoms with van der Waals surface area (Å²) in [5.74, 6) is 1.10. The molecule has 1 amide bonds. The molecule has 0 unspecified atom stereocenters. The number of hydrogen-bond donors (Lipinski definition) is 1. The van der Waals surface area contributed by atoms with Crippen LogP contribution in [0.2, 0.25) is 5.02 Å². The molecule has 0 radical (unpaired) electrons. The first-order chi connectivity index (χ1) is 11.6. The number of carbonyl (C=O) groups is 1. The zero-order valence-electron chi connectivity index (χ0n) is 13.5. The predicted molar refractivity (Wildman–Crippen MR) is 92.6 cm³/mol. The van der Waals surface area contributed by atoms with Crippen LogP contribution in [0.3, 0.4) is 0 Å². The summed E-state index contributed by atoms with van der Waals surface area (Å²) in [6, 6.07) is 9.98. The van der Waals surface area contributed by atoms with Crippen molar-refractivity contribution in [3.05, 3.63) is 52.5 Å². The van der Waals surface area contributed by atoms with E-state index in [1.165, 1.54) is 27.5 Å². The lowest BCUT2D eigenvalue weighted by atomic mass is 10.2. The second-order valence-electron chi connectivity index (χ2n) is 4.63. The predicted octanol–water partition coefficient (Wildman–Crippen LogP) is 3.13. The molecule has 0 saturated carbocycles. The maximum absolute atomic E-state index is 12.0. The number of hydrogen-bond acceptors (Lipinski definition) is 5. The van der Waals surface area contributed by atoms with E-state index >= 15 is 0 Å². The number of methoxy groups -OCH3 is 3. The van der Waals surface area contributed by atoms with Gasteiger partial charge in [0.1, 0.15) is 0 Å². The summed E-state index contributed by atoms with van der Waals surface area (Å²) in [6.45, 7) is 0. The Hall–Kier alpha value is -2.73. The minimum absolute atomic E-state index is 0.345. The van der Waals surface area contributed by atoms with Gasteiger partial charge < -0.3 is 14.2 Å². The number of nitrogens with one attached hydrogen (secondary N) is 1. The van der Waals surface area contributed by atoms with Crippen LogP contribution in [0.4, 0.5) is 0 Å². The molecule has 2 aromatic rings. The lowest BCUT2D eigenvalue weighted by Crippen LogP contribution is -2.17. The standard InChI is InChI=1S/C17H17ClN2O4/c1-22-14-9-6-12(15(23-2)16(14)24-3)10-19-20-17(21)11-4-7-13(18)8-5-11/h4-10H,1-3H3,(H,20,21)/b19-10+. The van der Waals surface area contributed by atoms with E-state index in [0.717, 1.165) is 0 Å². The van der Waals surface area contributed by atoms with Gasteiger partial charge in [0.25, 0.3) is 5.91 Å². The van der Waals surface area contributed by atoms with Crippen molar-refractivity contribution >= 4 is 23.7 Å². The number of rotatable bonds is 6. The fraction of sp³-hybridized carbons (Fsp3) is 0.176. The van der Waals surface area contributed by atoms with Gasteiger partial charge in [0.2, 0.25) is 5.75 Å². The highest BCUT2D eigenvalue weighted by atomic mass is 35.5. The van der Waals surface area contributed by atoms with Crippen molar-refractivity contribution in [2.45, 2.75) is 0 Å². The maximum Gasteiger partial charge on any atom is 0.271 e. The molecule has 0 heterocycles. The van der Waals surface area contributed by atoms with Crippen molar-refractivity contribution in [2.24, 2.45) is 5.10 Å². The van der Waals surface area contributed by atoms with Crippen molar-refractivity contribution in [2.75, 3.05) is 21.3 Å². The molecule has 7 heteroatoms. The molecule has 0 aliphatic rings. The summed E-state index contributed by atoms with van der Waals surface area (Å²) in [5, 5.41) is 4.51. The van der Waals surface area contributed by atoms with Gasteiger partial charge in [-0.2, -0.15) is 5.10 Å². The number of benzene rings is 2. The fourth-order valence-corrected chi connectivity index (χ4v) is 2.18. The Labute approximate surface area is 145 Å². The molecule has 24 heavy (non-hydrogen) atoms. The van der Waals surface area contributed by atoms with Crippen LogP contribution in [-0.4, -0.2) is 33.5 Å². The quantitative estimate of drug-likeness (QED) is 0.643. The minimum atomic E-state index is -0.345. The molecule has 0 spiro atoms. The van der Waals surface area contributed by atoms with Gasteiger partial charge in [-0.1, -0.05) is 11.6 Å². The van der Waals surface area contributed by atoms with Crippen molar-refractivity contribution in [1.29, 1.82) is 0 Å². The lowest BCUT2D eigenvalue weighted by Gasteiger charge is -2.13. The Morgan fingerprint density at radius 2 is 1.67 bits per heavy atom. The summed E-state index contributed by atoms with van der Waals surface area (Å²) in [7, 11) is 4.57. The second-order valence-corrected chi connectivity index (χ2v) is 5.07. The van der Waals surface area contributed by atoms with Crippen LogP contribution in [0.5, 0.6) is 17.2 Å². The van der Waals surface area contributed by atoms with Gasteiger partial charge in [0, 0.05) is 16.1 Å². The molecule has 2 rings (SSSR count). The van der Waals surface area contributed by atoms with Crippen LogP contribution in [0.25, 0.3) is 0 Å². The SMILES string of the molecule is COc1ccc(/C=N/NC(=O)c2ccc(Cl)cc2)c(OC)c1OC. The normalized spacial score (nSPS) is 10.5. The summed E-state index contributed by atoms with van der Waals surface area (Å²) < 4.78 is 15.9. The molecule has 0 saturated heterocycles. The Morgan fingerprint density at radius 1 is 1.00 bits per heavy atom. The van der Waals surface area contributed by atoms with E-state index in [1.54, 1.807) is 36.4 Å². The van der Waals surface area contributed by atoms with Gasteiger partial charge in [-0.15, -0.1) is 0 Å². The Balaban J connectivity index is 2.17. The number of nitrogens with zero attached hydrogens (tertiary/aromatic N) is 1. The third-order valence-corrected chi connectivity index (χ3v) is 3.46. The number of amides is 1. The van der Waals surface area contributed by atoms with Crippen LogP contribution in [0, 0.1) is 0 Å². The third kappa shape index (κ3) is 3.97. The average molecular weight is 349 g/mol. The number of ether oxygens (including phenoxy) is 3. The van der Waals surface area contributed by atoms with Crippen molar-refractivity contribution in [1.82, 2.24) is 5.43 Å². The van der Waals surface area contributed by atoms with E-state index in [2.05, 4.69) is 10.5 Å². The van der Waals surface area contributed by atoms with Crippen LogP contribution in [0.1, 0.15) is 15.9 Å². The van der Waals surface area contributed by atoms with Crippen LogP contribution in [-0.2, 0) is 0 Å². The fourth-order valence-electron chi connectivity index (χ4n) is 2.05. The molecular formula is C17H17ClN2O4. The summed E-state index contributed by atoms with van der Waals surface area (Å²) in [6.07, 6.45) is 1.47. The molecule has 0 aliphatic heterocycles. The van der Waals surface area contributed by atoms with Crippen molar-refractivity contribution in [3.8, 4) is 17.2 Å². The number of hydrazone groups is 1. The van der Waals surface area contributed by atoms with E-state index < -0.39 is 0 Å². The van der Waals surface area contributed by atoms with Gasteiger partial charge in [-0.25, -0.2) is 5.43 Å². The number of halogens is 1. The van der Waals surface area contributed by atoms with Gasteiger partial charge in [0.05, 0.1) is 27.5 Å². The molecule has 0 bridgehead atoms. The largest absolute Gasteiger partial charge is 0.493 e. The average Bonchev–Trinajstić information content (AvgIpc) is 2.61. The smallest absolute Gasteiger partial charge is 0.271 e. The molecule has 1 N–H and O–H groups in total. The number of carbonyl (C=O) groups excluding carboxylic acids is 1. The second kappa shape index (κ2) is 8.21. The summed E-state index contributed by atoms with van der Waals surface area (Å²) >= 11 is 5.79. The lowest BCUT2D eigenvalue weighted by molar-refractivity contribution is 0.0955. The molecule has 0 aromatic heterocycles. The molecule has 0 atom stereocenters. The molecule has 0 fully saturated rings. The Morgan fingerprint density at radius 3 is 2.25 bits per heavy atom. The molecule has 2 aromatic carbocycles. The molecule has 0 aliphatic carbocycles. The van der Waals surface area contributed by atoms with E-state index in [1.807, 2.05) is 0 Å². The first-order valence-electron chi connectivity index (χ1n) is 6.98. The minimum Gasteiger partial charge on any atom is -0.493 e. The highest BCUT2D eigenvalue weighted by Gasteiger charge is 2.14. The van der Waals surface area contributed by atoms with Gasteiger partial charge in [0.15, 0.2) is 11.5 Å². The summed E-state index contributed by atoms with van der Waals surface area (Å²) in [4.78, 5) is 12.0. The van der Waals surface area contributed by atoms with Crippen molar-refractivity contribution in [3.63, 3.8) is 0 Å². The van der Waals surface area contributed by atoms with Crippen LogP contribution < -0.4 is 19.6 Å². The van der Waals surface area contributed by atoms with Gasteiger partial charge in [-0.3, -0.25) is 4.79 Å². The molecule has 126 valence electrons. The zero-order chi connectivity index (χ0) is 17.5. The Kier molecular flexibility index (Phi) is 6.03. The monoisotopic (exact) mass is 348 g/mol. The van der Waals surface area contributed by atoms with E-state index in [9.17, 15) is 4.79 Å². The first kappa shape index (κ1) is 17.6.